The van der Waals surface area contributed by atoms with Gasteiger partial charge in [0.2, 0.25) is 12.3 Å². The van der Waals surface area contributed by atoms with Gasteiger partial charge in [-0.15, -0.1) is 0 Å². The number of hydrogen-bond donors (Lipinski definition) is 3. The van der Waals surface area contributed by atoms with Gasteiger partial charge in [-0.25, -0.2) is 0 Å². The summed E-state index contributed by atoms with van der Waals surface area (Å²) in [6.45, 7) is 4.67. The fourth-order valence-corrected chi connectivity index (χ4v) is 2.04. The van der Waals surface area contributed by atoms with Gasteiger partial charge in [-0.05, 0) is 25.1 Å². The van der Waals surface area contributed by atoms with E-state index in [1.807, 2.05) is 6.07 Å². The van der Waals surface area contributed by atoms with Crippen molar-refractivity contribution in [2.75, 3.05) is 18.1 Å². The van der Waals surface area contributed by atoms with Crippen LogP contribution in [-0.4, -0.2) is 47.8 Å². The summed E-state index contributed by atoms with van der Waals surface area (Å²) in [6, 6.07) is 8.19. The van der Waals surface area contributed by atoms with Crippen LogP contribution in [0.3, 0.4) is 0 Å². The smallest absolute Gasteiger partial charge is 0.249 e. The third kappa shape index (κ3) is 4.78. The second-order valence-electron chi connectivity index (χ2n) is 6.32. The zero-order valence-corrected chi connectivity index (χ0v) is 14.1. The molecule has 0 aromatic heterocycles. The maximum absolute atomic E-state index is 12.0. The number of rotatable bonds is 8. The van der Waals surface area contributed by atoms with E-state index in [0.717, 1.165) is 0 Å². The van der Waals surface area contributed by atoms with Gasteiger partial charge in [-0.3, -0.25) is 9.59 Å². The first-order valence-electron chi connectivity index (χ1n) is 7.57. The summed E-state index contributed by atoms with van der Waals surface area (Å²) in [5.74, 6) is -0.613. The Labute approximate surface area is 141 Å². The monoisotopic (exact) mass is 333 g/mol. The van der Waals surface area contributed by atoms with Crippen LogP contribution >= 0.6 is 0 Å². The molecule has 0 saturated heterocycles. The number of benzene rings is 1. The second-order valence-corrected chi connectivity index (χ2v) is 6.32. The number of anilines is 1. The molecule has 7 heteroatoms. The largest absolute Gasteiger partial charge is 0.396 e. The highest BCUT2D eigenvalue weighted by molar-refractivity contribution is 5.82. The number of nitrogens with one attached hydrogen (secondary N) is 1. The van der Waals surface area contributed by atoms with Crippen molar-refractivity contribution in [3.63, 3.8) is 0 Å². The lowest BCUT2D eigenvalue weighted by Gasteiger charge is -2.29. The number of aliphatic hydroxyl groups is 2. The highest BCUT2D eigenvalue weighted by atomic mass is 16.3. The summed E-state index contributed by atoms with van der Waals surface area (Å²) >= 11 is 0. The van der Waals surface area contributed by atoms with Gasteiger partial charge in [0.05, 0.1) is 24.3 Å². The van der Waals surface area contributed by atoms with Crippen molar-refractivity contribution in [2.45, 2.75) is 32.9 Å². The Balaban J connectivity index is 2.75. The molecule has 2 amide bonds. The van der Waals surface area contributed by atoms with Gasteiger partial charge < -0.3 is 20.4 Å². The third-order valence-corrected chi connectivity index (χ3v) is 3.83. The fourth-order valence-electron chi connectivity index (χ4n) is 2.04. The summed E-state index contributed by atoms with van der Waals surface area (Å²) in [4.78, 5) is 24.8. The number of aliphatic hydroxyl groups excluding tert-OH is 2. The molecule has 0 fully saturated rings. The number of amides is 2. The molecule has 0 unspecified atom stereocenters. The second kappa shape index (κ2) is 8.43. The normalized spacial score (nSPS) is 13.5. The van der Waals surface area contributed by atoms with Crippen LogP contribution in [0, 0.1) is 16.7 Å². The summed E-state index contributed by atoms with van der Waals surface area (Å²) in [7, 11) is 0. The summed E-state index contributed by atoms with van der Waals surface area (Å²) in [5, 5.41) is 30.6. The molecule has 0 radical (unpaired) electrons. The first-order valence-corrected chi connectivity index (χ1v) is 7.57. The van der Waals surface area contributed by atoms with Gasteiger partial charge in [0.15, 0.2) is 0 Å². The van der Waals surface area contributed by atoms with Crippen LogP contribution in [-0.2, 0) is 9.59 Å². The number of nitrogens with zero attached hydrogens (tertiary/aromatic N) is 2. The Hall–Kier alpha value is -2.43. The van der Waals surface area contributed by atoms with E-state index in [2.05, 4.69) is 5.32 Å². The Morgan fingerprint density at radius 3 is 2.71 bits per heavy atom. The first-order chi connectivity index (χ1) is 11.3. The molecule has 0 spiro atoms. The Morgan fingerprint density at radius 1 is 1.50 bits per heavy atom. The van der Waals surface area contributed by atoms with E-state index in [-0.39, 0.29) is 19.2 Å². The Kier molecular flexibility index (Phi) is 6.89. The predicted octanol–water partition coefficient (Wildman–Crippen LogP) is 0.405. The standard InChI is InChI=1S/C17H23N3O4/c1-12(9-19-16(24)15(23)17(2,3)10-21)20(11-22)14-6-4-5-13(7-14)8-18/h4-7,11-12,15,21,23H,9-10H2,1-3H3,(H,19,24)/t12-,15-/m0/s1. The molecule has 0 heterocycles. The highest BCUT2D eigenvalue weighted by Crippen LogP contribution is 2.20. The van der Waals surface area contributed by atoms with Crippen molar-refractivity contribution in [1.82, 2.24) is 5.32 Å². The number of nitriles is 1. The Bertz CT molecular complexity index is 625. The molecule has 7 nitrogen and oxygen atoms in total. The van der Waals surface area contributed by atoms with Gasteiger partial charge in [-0.1, -0.05) is 19.9 Å². The molecular weight excluding hydrogens is 310 g/mol. The maximum Gasteiger partial charge on any atom is 0.249 e. The molecule has 1 rings (SSSR count). The van der Waals surface area contributed by atoms with Gasteiger partial charge in [0, 0.05) is 17.6 Å². The maximum atomic E-state index is 12.0. The van der Waals surface area contributed by atoms with E-state index in [1.165, 1.54) is 4.90 Å². The van der Waals surface area contributed by atoms with Gasteiger partial charge in [0.1, 0.15) is 6.10 Å². The molecule has 0 aliphatic heterocycles. The van der Waals surface area contributed by atoms with E-state index in [0.29, 0.717) is 17.7 Å². The summed E-state index contributed by atoms with van der Waals surface area (Å²) < 4.78 is 0. The number of carbonyl (C=O) groups excluding carboxylic acids is 2. The van der Waals surface area contributed by atoms with Crippen LogP contribution in [0.5, 0.6) is 0 Å². The Morgan fingerprint density at radius 2 is 2.17 bits per heavy atom. The van der Waals surface area contributed by atoms with E-state index in [1.54, 1.807) is 45.0 Å². The highest BCUT2D eigenvalue weighted by Gasteiger charge is 2.33. The van der Waals surface area contributed by atoms with E-state index >= 15 is 0 Å². The molecule has 2 atom stereocenters. The number of carbonyl (C=O) groups is 2. The quantitative estimate of drug-likeness (QED) is 0.596. The van der Waals surface area contributed by atoms with Crippen LogP contribution in [0.4, 0.5) is 5.69 Å². The van der Waals surface area contributed by atoms with Crippen molar-refractivity contribution in [1.29, 1.82) is 5.26 Å². The van der Waals surface area contributed by atoms with E-state index in [4.69, 9.17) is 5.26 Å². The molecule has 1 aromatic rings. The van der Waals surface area contributed by atoms with Crippen molar-refractivity contribution in [3.8, 4) is 6.07 Å². The van der Waals surface area contributed by atoms with Crippen LogP contribution in [0.15, 0.2) is 24.3 Å². The summed E-state index contributed by atoms with van der Waals surface area (Å²) in [6.07, 6.45) is -0.734. The van der Waals surface area contributed by atoms with Crippen LogP contribution in [0.2, 0.25) is 0 Å². The van der Waals surface area contributed by atoms with Crippen molar-refractivity contribution in [2.24, 2.45) is 5.41 Å². The van der Waals surface area contributed by atoms with Crippen molar-refractivity contribution >= 4 is 18.0 Å². The lowest BCUT2D eigenvalue weighted by atomic mass is 9.87. The van der Waals surface area contributed by atoms with Gasteiger partial charge in [-0.2, -0.15) is 5.26 Å². The van der Waals surface area contributed by atoms with Gasteiger partial charge >= 0.3 is 0 Å². The topological polar surface area (TPSA) is 114 Å². The zero-order chi connectivity index (χ0) is 18.3. The first kappa shape index (κ1) is 19.6. The van der Waals surface area contributed by atoms with Crippen molar-refractivity contribution < 1.29 is 19.8 Å². The predicted molar refractivity (Wildman–Crippen MR) is 89.0 cm³/mol. The minimum atomic E-state index is -1.36. The van der Waals surface area contributed by atoms with Crippen LogP contribution in [0.25, 0.3) is 0 Å². The fraction of sp³-hybridized carbons (Fsp3) is 0.471. The lowest BCUT2D eigenvalue weighted by molar-refractivity contribution is -0.137. The van der Waals surface area contributed by atoms with E-state index < -0.39 is 17.4 Å². The molecule has 0 aliphatic rings. The minimum absolute atomic E-state index is 0.118. The molecule has 130 valence electrons. The minimum Gasteiger partial charge on any atom is -0.396 e. The molecule has 0 saturated carbocycles. The van der Waals surface area contributed by atoms with Gasteiger partial charge in [0.25, 0.3) is 0 Å². The van der Waals surface area contributed by atoms with Crippen LogP contribution in [0.1, 0.15) is 26.3 Å². The lowest BCUT2D eigenvalue weighted by Crippen LogP contribution is -2.49. The molecular formula is C17H23N3O4. The molecule has 0 aliphatic carbocycles. The summed E-state index contributed by atoms with van der Waals surface area (Å²) in [5.41, 5.74) is 0.0106. The molecule has 1 aromatic carbocycles. The number of hydrogen-bond acceptors (Lipinski definition) is 5. The molecule has 3 N–H and O–H groups in total. The molecule has 0 bridgehead atoms. The SMILES string of the molecule is C[C@@H](CNC(=O)[C@H](O)C(C)(C)CO)N(C=O)c1cccc(C#N)c1. The third-order valence-electron chi connectivity index (χ3n) is 3.83. The van der Waals surface area contributed by atoms with Crippen molar-refractivity contribution in [3.05, 3.63) is 29.8 Å². The average Bonchev–Trinajstić information content (AvgIpc) is 2.59. The zero-order valence-electron chi connectivity index (χ0n) is 14.1. The van der Waals surface area contributed by atoms with E-state index in [9.17, 15) is 19.8 Å². The molecule has 24 heavy (non-hydrogen) atoms. The van der Waals surface area contributed by atoms with Crippen LogP contribution < -0.4 is 10.2 Å². The average molecular weight is 333 g/mol.